The minimum absolute atomic E-state index is 0.713. The predicted octanol–water partition coefficient (Wildman–Crippen LogP) is 11.2. The van der Waals surface area contributed by atoms with Crippen molar-refractivity contribution < 1.29 is 0 Å². The van der Waals surface area contributed by atoms with Crippen molar-refractivity contribution in [3.8, 4) is 45.2 Å². The highest BCUT2D eigenvalue weighted by Crippen LogP contribution is 2.41. The second-order valence-corrected chi connectivity index (χ2v) is 12.3. The molecule has 3 aromatic heterocycles. The van der Waals surface area contributed by atoms with Gasteiger partial charge in [0.25, 0.3) is 0 Å². The summed E-state index contributed by atoms with van der Waals surface area (Å²) in [7, 11) is 0. The molecular weight excluding hydrogens is 567 g/mol. The molecule has 4 heteroatoms. The lowest BCUT2D eigenvalue weighted by molar-refractivity contribution is 1.18. The van der Waals surface area contributed by atoms with Gasteiger partial charge in [-0.15, -0.1) is 11.3 Å². The molecule has 0 bridgehead atoms. The zero-order valence-corrected chi connectivity index (χ0v) is 25.0. The van der Waals surface area contributed by atoms with Crippen LogP contribution in [-0.2, 0) is 0 Å². The van der Waals surface area contributed by atoms with E-state index in [4.69, 9.17) is 15.0 Å². The van der Waals surface area contributed by atoms with Gasteiger partial charge in [-0.2, -0.15) is 0 Å². The zero-order valence-electron chi connectivity index (χ0n) is 24.2. The number of fused-ring (bicyclic) bond motifs is 6. The van der Waals surface area contributed by atoms with E-state index >= 15 is 0 Å². The lowest BCUT2D eigenvalue weighted by atomic mass is 9.97. The number of aromatic nitrogens is 3. The van der Waals surface area contributed by atoms with Crippen LogP contribution < -0.4 is 0 Å². The van der Waals surface area contributed by atoms with Crippen LogP contribution in [0.25, 0.3) is 87.0 Å². The number of hydrogen-bond donors (Lipinski definition) is 0. The molecule has 0 N–H and O–H groups in total. The summed E-state index contributed by atoms with van der Waals surface area (Å²) in [6.07, 6.45) is 0. The van der Waals surface area contributed by atoms with Gasteiger partial charge < -0.3 is 0 Å². The smallest absolute Gasteiger partial charge is 0.160 e. The number of thiophene rings is 1. The van der Waals surface area contributed by atoms with Crippen molar-refractivity contribution in [2.75, 3.05) is 0 Å². The first kappa shape index (κ1) is 25.8. The third kappa shape index (κ3) is 4.46. The van der Waals surface area contributed by atoms with Gasteiger partial charge in [-0.1, -0.05) is 121 Å². The fourth-order valence-electron chi connectivity index (χ4n) is 6.26. The fourth-order valence-corrected chi connectivity index (χ4v) is 7.38. The Hall–Kier alpha value is -5.71. The van der Waals surface area contributed by atoms with Gasteiger partial charge in [0, 0.05) is 53.2 Å². The third-order valence-corrected chi connectivity index (χ3v) is 9.61. The molecule has 6 aromatic carbocycles. The van der Waals surface area contributed by atoms with E-state index in [1.165, 1.54) is 36.3 Å². The van der Waals surface area contributed by atoms with Gasteiger partial charge in [-0.25, -0.2) is 15.0 Å². The van der Waals surface area contributed by atoms with Gasteiger partial charge in [0.1, 0.15) is 0 Å². The Balaban J connectivity index is 1.21. The molecule has 0 unspecified atom stereocenters. The Morgan fingerprint density at radius 2 is 0.956 bits per heavy atom. The number of pyridine rings is 1. The van der Waals surface area contributed by atoms with Crippen molar-refractivity contribution in [2.45, 2.75) is 0 Å². The number of para-hydroxylation sites is 1. The third-order valence-electron chi connectivity index (χ3n) is 8.48. The Labute approximate surface area is 264 Å². The largest absolute Gasteiger partial charge is 0.247 e. The molecule has 0 fully saturated rings. The van der Waals surface area contributed by atoms with Gasteiger partial charge in [-0.3, -0.25) is 0 Å². The SMILES string of the molecule is c1ccc(-c2cc(-c3ccc(-c4nc5ccccc5c5cc6c(cc45)sc4ccccc46)cc3)nc(-c3ccccc3)n2)cc1. The summed E-state index contributed by atoms with van der Waals surface area (Å²) in [6, 6.07) is 53.0. The normalized spacial score (nSPS) is 11.6. The van der Waals surface area contributed by atoms with Crippen molar-refractivity contribution in [3.63, 3.8) is 0 Å². The van der Waals surface area contributed by atoms with E-state index < -0.39 is 0 Å². The lowest BCUT2D eigenvalue weighted by Crippen LogP contribution is -1.96. The maximum atomic E-state index is 5.22. The highest BCUT2D eigenvalue weighted by Gasteiger charge is 2.15. The summed E-state index contributed by atoms with van der Waals surface area (Å²) in [4.78, 5) is 15.2. The molecule has 9 rings (SSSR count). The number of benzene rings is 6. The van der Waals surface area contributed by atoms with E-state index in [1.807, 2.05) is 47.7 Å². The average molecular weight is 592 g/mol. The van der Waals surface area contributed by atoms with E-state index in [-0.39, 0.29) is 0 Å². The molecule has 0 aliphatic carbocycles. The van der Waals surface area contributed by atoms with Gasteiger partial charge in [0.15, 0.2) is 5.82 Å². The van der Waals surface area contributed by atoms with Crippen molar-refractivity contribution in [3.05, 3.63) is 152 Å². The Kier molecular flexibility index (Phi) is 6.00. The molecule has 0 spiro atoms. The lowest BCUT2D eigenvalue weighted by Gasteiger charge is -2.12. The molecule has 0 saturated heterocycles. The van der Waals surface area contributed by atoms with E-state index in [9.17, 15) is 0 Å². The van der Waals surface area contributed by atoms with Crippen molar-refractivity contribution >= 4 is 53.2 Å². The standard InChI is InChI=1S/C41H25N3S/c1-3-11-26(12-4-1)36-25-37(44-41(43-36)29-13-5-2-6-14-29)27-19-21-28(22-20-27)40-34-24-39-33(31-16-8-10-18-38(31)45-39)23-32(34)30-15-7-9-17-35(30)42-40/h1-25H. The molecular formula is C41H25N3S. The van der Waals surface area contributed by atoms with Gasteiger partial charge >= 0.3 is 0 Å². The second-order valence-electron chi connectivity index (χ2n) is 11.2. The van der Waals surface area contributed by atoms with Crippen LogP contribution in [0.2, 0.25) is 0 Å². The Bertz CT molecular complexity index is 2460. The molecule has 0 saturated carbocycles. The fraction of sp³-hybridized carbons (Fsp3) is 0. The number of rotatable bonds is 4. The van der Waals surface area contributed by atoms with Gasteiger partial charge in [0.05, 0.1) is 22.6 Å². The van der Waals surface area contributed by atoms with Crippen LogP contribution in [0.3, 0.4) is 0 Å². The maximum Gasteiger partial charge on any atom is 0.160 e. The molecule has 0 aliphatic heterocycles. The van der Waals surface area contributed by atoms with E-state index in [0.29, 0.717) is 5.82 Å². The summed E-state index contributed by atoms with van der Waals surface area (Å²) in [6.45, 7) is 0. The highest BCUT2D eigenvalue weighted by molar-refractivity contribution is 7.25. The first-order chi connectivity index (χ1) is 22.3. The summed E-state index contributed by atoms with van der Waals surface area (Å²) in [5, 5.41) is 6.17. The van der Waals surface area contributed by atoms with E-state index in [0.717, 1.165) is 44.9 Å². The number of hydrogen-bond acceptors (Lipinski definition) is 4. The minimum atomic E-state index is 0.713. The van der Waals surface area contributed by atoms with Crippen LogP contribution in [0.15, 0.2) is 152 Å². The Morgan fingerprint density at radius 1 is 0.356 bits per heavy atom. The summed E-state index contributed by atoms with van der Waals surface area (Å²) >= 11 is 1.84. The van der Waals surface area contributed by atoms with Crippen LogP contribution in [0, 0.1) is 0 Å². The quantitative estimate of drug-likeness (QED) is 0.191. The summed E-state index contributed by atoms with van der Waals surface area (Å²) in [5.41, 5.74) is 7.95. The molecule has 9 aromatic rings. The monoisotopic (exact) mass is 591 g/mol. The van der Waals surface area contributed by atoms with Gasteiger partial charge in [-0.05, 0) is 35.7 Å². The van der Waals surface area contributed by atoms with Crippen LogP contribution >= 0.6 is 11.3 Å². The molecule has 45 heavy (non-hydrogen) atoms. The predicted molar refractivity (Wildman–Crippen MR) is 189 cm³/mol. The minimum Gasteiger partial charge on any atom is -0.247 e. The second kappa shape index (κ2) is 10.5. The topological polar surface area (TPSA) is 38.7 Å². The molecule has 3 heterocycles. The molecule has 0 aliphatic rings. The van der Waals surface area contributed by atoms with Crippen LogP contribution in [0.4, 0.5) is 0 Å². The first-order valence-electron chi connectivity index (χ1n) is 15.0. The first-order valence-corrected chi connectivity index (χ1v) is 15.8. The van der Waals surface area contributed by atoms with Crippen LogP contribution in [-0.4, -0.2) is 15.0 Å². The molecule has 0 atom stereocenters. The zero-order chi connectivity index (χ0) is 29.7. The van der Waals surface area contributed by atoms with Gasteiger partial charge in [0.2, 0.25) is 0 Å². The average Bonchev–Trinajstić information content (AvgIpc) is 3.49. The molecule has 0 amide bonds. The maximum absolute atomic E-state index is 5.22. The van der Waals surface area contributed by atoms with E-state index in [2.05, 4.69) is 115 Å². The molecule has 0 radical (unpaired) electrons. The molecule has 210 valence electrons. The van der Waals surface area contributed by atoms with Crippen LogP contribution in [0.5, 0.6) is 0 Å². The summed E-state index contributed by atoms with van der Waals surface area (Å²) in [5.74, 6) is 0.713. The summed E-state index contributed by atoms with van der Waals surface area (Å²) < 4.78 is 2.59. The van der Waals surface area contributed by atoms with Crippen molar-refractivity contribution in [1.82, 2.24) is 15.0 Å². The highest BCUT2D eigenvalue weighted by atomic mass is 32.1. The van der Waals surface area contributed by atoms with E-state index in [1.54, 1.807) is 0 Å². The Morgan fingerprint density at radius 3 is 1.71 bits per heavy atom. The van der Waals surface area contributed by atoms with Crippen molar-refractivity contribution in [2.24, 2.45) is 0 Å². The number of nitrogens with zero attached hydrogens (tertiary/aromatic N) is 3. The molecule has 3 nitrogen and oxygen atoms in total. The van der Waals surface area contributed by atoms with Crippen LogP contribution in [0.1, 0.15) is 0 Å². The van der Waals surface area contributed by atoms with Crippen molar-refractivity contribution in [1.29, 1.82) is 0 Å².